The van der Waals surface area contributed by atoms with Crippen LogP contribution in [0.15, 0.2) is 46.3 Å². The molecule has 1 amide bonds. The van der Waals surface area contributed by atoms with Gasteiger partial charge in [-0.05, 0) is 43.3 Å². The molecular weight excluding hydrogens is 322 g/mol. The fourth-order valence-corrected chi connectivity index (χ4v) is 3.28. The first-order valence-corrected chi connectivity index (χ1v) is 8.87. The van der Waals surface area contributed by atoms with Crippen molar-refractivity contribution in [3.63, 3.8) is 0 Å². The van der Waals surface area contributed by atoms with Gasteiger partial charge in [-0.15, -0.1) is 11.3 Å². The zero-order chi connectivity index (χ0) is 16.5. The molecule has 0 saturated heterocycles. The minimum atomic E-state index is -0.180. The van der Waals surface area contributed by atoms with E-state index in [-0.39, 0.29) is 11.8 Å². The lowest BCUT2D eigenvalue weighted by Gasteiger charge is -2.11. The normalized spacial score (nSPS) is 15.2. The Morgan fingerprint density at radius 3 is 2.96 bits per heavy atom. The zero-order valence-electron chi connectivity index (χ0n) is 13.2. The molecule has 1 aliphatic carbocycles. The number of anilines is 1. The number of hydrogen-bond donors (Lipinski definition) is 1. The molecular formula is C18H17N3O2S. The van der Waals surface area contributed by atoms with E-state index < -0.39 is 0 Å². The van der Waals surface area contributed by atoms with Crippen molar-refractivity contribution >= 4 is 22.9 Å². The summed E-state index contributed by atoms with van der Waals surface area (Å²) in [4.78, 5) is 17.9. The van der Waals surface area contributed by atoms with Gasteiger partial charge in [0.25, 0.3) is 0 Å². The molecule has 0 bridgehead atoms. The third kappa shape index (κ3) is 3.10. The largest absolute Gasteiger partial charge is 0.339 e. The second-order valence-electron chi connectivity index (χ2n) is 6.04. The zero-order valence-corrected chi connectivity index (χ0v) is 14.0. The van der Waals surface area contributed by atoms with Crippen molar-refractivity contribution in [1.82, 2.24) is 10.1 Å². The van der Waals surface area contributed by atoms with Gasteiger partial charge in [0.2, 0.25) is 17.6 Å². The Labute approximate surface area is 143 Å². The lowest BCUT2D eigenvalue weighted by molar-refractivity contribution is -0.117. The second-order valence-corrected chi connectivity index (χ2v) is 7.02. The highest BCUT2D eigenvalue weighted by atomic mass is 32.1. The molecule has 1 N–H and O–H groups in total. The quantitative estimate of drug-likeness (QED) is 0.747. The average Bonchev–Trinajstić information content (AvgIpc) is 3.11. The van der Waals surface area contributed by atoms with E-state index >= 15 is 0 Å². The highest BCUT2D eigenvalue weighted by Crippen LogP contribution is 2.39. The number of benzene rings is 1. The van der Waals surface area contributed by atoms with Crippen LogP contribution in [0.3, 0.4) is 0 Å². The molecule has 1 unspecified atom stereocenters. The van der Waals surface area contributed by atoms with Gasteiger partial charge in [0.15, 0.2) is 0 Å². The lowest BCUT2D eigenvalue weighted by Crippen LogP contribution is -2.18. The molecule has 1 aromatic carbocycles. The van der Waals surface area contributed by atoms with E-state index in [4.69, 9.17) is 4.52 Å². The van der Waals surface area contributed by atoms with E-state index in [2.05, 4.69) is 15.5 Å². The van der Waals surface area contributed by atoms with Gasteiger partial charge in [0, 0.05) is 22.0 Å². The molecule has 1 aliphatic rings. The minimum Gasteiger partial charge on any atom is -0.339 e. The van der Waals surface area contributed by atoms with Crippen molar-refractivity contribution < 1.29 is 9.32 Å². The summed E-state index contributed by atoms with van der Waals surface area (Å²) in [5.41, 5.74) is 1.57. The van der Waals surface area contributed by atoms with Gasteiger partial charge in [0.05, 0.1) is 5.92 Å². The van der Waals surface area contributed by atoms with Crippen LogP contribution in [0.2, 0.25) is 0 Å². The molecule has 5 nitrogen and oxygen atoms in total. The number of carbonyl (C=O) groups is 1. The van der Waals surface area contributed by atoms with Crippen LogP contribution in [0.25, 0.3) is 11.4 Å². The summed E-state index contributed by atoms with van der Waals surface area (Å²) in [7, 11) is 0. The Morgan fingerprint density at radius 1 is 1.33 bits per heavy atom. The first-order valence-electron chi connectivity index (χ1n) is 7.99. The Hall–Kier alpha value is -2.47. The summed E-state index contributed by atoms with van der Waals surface area (Å²) in [6.07, 6.45) is 2.25. The Bertz CT molecular complexity index is 853. The first kappa shape index (κ1) is 15.1. The highest BCUT2D eigenvalue weighted by molar-refractivity contribution is 7.10. The van der Waals surface area contributed by atoms with Crippen LogP contribution < -0.4 is 5.32 Å². The Morgan fingerprint density at radius 2 is 2.21 bits per heavy atom. The SMILES string of the molecule is CC(C(=O)Nc1cccc(-c2noc(C3CC3)n2)c1)c1cccs1. The summed E-state index contributed by atoms with van der Waals surface area (Å²) >= 11 is 1.59. The molecule has 1 saturated carbocycles. The Balaban J connectivity index is 1.50. The van der Waals surface area contributed by atoms with Crippen molar-refractivity contribution in [2.75, 3.05) is 5.32 Å². The van der Waals surface area contributed by atoms with Gasteiger partial charge in [-0.3, -0.25) is 4.79 Å². The third-order valence-electron chi connectivity index (χ3n) is 4.12. The monoisotopic (exact) mass is 339 g/mol. The number of rotatable bonds is 5. The molecule has 2 aromatic heterocycles. The van der Waals surface area contributed by atoms with Crippen molar-refractivity contribution in [3.05, 3.63) is 52.5 Å². The summed E-state index contributed by atoms with van der Waals surface area (Å²) in [5, 5.41) is 8.99. The Kier molecular flexibility index (Phi) is 3.90. The molecule has 122 valence electrons. The van der Waals surface area contributed by atoms with Crippen LogP contribution in [-0.4, -0.2) is 16.0 Å². The van der Waals surface area contributed by atoms with E-state index in [9.17, 15) is 4.79 Å². The molecule has 6 heteroatoms. The van der Waals surface area contributed by atoms with Crippen LogP contribution in [0.1, 0.15) is 42.4 Å². The third-order valence-corrected chi connectivity index (χ3v) is 5.17. The molecule has 1 fully saturated rings. The summed E-state index contributed by atoms with van der Waals surface area (Å²) in [6, 6.07) is 11.5. The number of nitrogens with zero attached hydrogens (tertiary/aromatic N) is 2. The number of hydrogen-bond acceptors (Lipinski definition) is 5. The van der Waals surface area contributed by atoms with E-state index in [1.54, 1.807) is 11.3 Å². The fraction of sp³-hybridized carbons (Fsp3) is 0.278. The molecule has 4 rings (SSSR count). The molecule has 0 spiro atoms. The topological polar surface area (TPSA) is 68.0 Å². The summed E-state index contributed by atoms with van der Waals surface area (Å²) in [5.74, 6) is 1.51. The predicted molar refractivity (Wildman–Crippen MR) is 93.1 cm³/mol. The fourth-order valence-electron chi connectivity index (χ4n) is 2.50. The standard InChI is InChI=1S/C18H17N3O2S/c1-11(15-6-3-9-24-15)17(22)19-14-5-2-4-13(10-14)16-20-18(23-21-16)12-7-8-12/h2-6,9-12H,7-8H2,1H3,(H,19,22). The van der Waals surface area contributed by atoms with Gasteiger partial charge < -0.3 is 9.84 Å². The maximum absolute atomic E-state index is 12.4. The van der Waals surface area contributed by atoms with Crippen molar-refractivity contribution in [3.8, 4) is 11.4 Å². The number of amides is 1. The molecule has 0 aliphatic heterocycles. The smallest absolute Gasteiger partial charge is 0.232 e. The number of thiophene rings is 1. The van der Waals surface area contributed by atoms with E-state index in [0.29, 0.717) is 17.6 Å². The second kappa shape index (κ2) is 6.20. The highest BCUT2D eigenvalue weighted by Gasteiger charge is 2.29. The van der Waals surface area contributed by atoms with E-state index in [0.717, 1.165) is 29.0 Å². The van der Waals surface area contributed by atoms with Crippen LogP contribution in [-0.2, 0) is 4.79 Å². The van der Waals surface area contributed by atoms with Crippen molar-refractivity contribution in [2.45, 2.75) is 31.6 Å². The lowest BCUT2D eigenvalue weighted by atomic mass is 10.1. The van der Waals surface area contributed by atoms with Crippen LogP contribution >= 0.6 is 11.3 Å². The number of nitrogens with one attached hydrogen (secondary N) is 1. The molecule has 1 atom stereocenters. The maximum atomic E-state index is 12.4. The van der Waals surface area contributed by atoms with Crippen LogP contribution in [0.5, 0.6) is 0 Å². The number of aromatic nitrogens is 2. The minimum absolute atomic E-state index is 0.0265. The van der Waals surface area contributed by atoms with Gasteiger partial charge in [-0.1, -0.05) is 23.4 Å². The van der Waals surface area contributed by atoms with Gasteiger partial charge in [-0.25, -0.2) is 0 Å². The van der Waals surface area contributed by atoms with Gasteiger partial charge in [-0.2, -0.15) is 4.98 Å². The molecule has 3 aromatic rings. The van der Waals surface area contributed by atoms with E-state index in [1.807, 2.05) is 48.7 Å². The van der Waals surface area contributed by atoms with Crippen LogP contribution in [0, 0.1) is 0 Å². The first-order chi connectivity index (χ1) is 11.7. The molecule has 2 heterocycles. The van der Waals surface area contributed by atoms with E-state index in [1.165, 1.54) is 0 Å². The molecule has 0 radical (unpaired) electrons. The van der Waals surface area contributed by atoms with Gasteiger partial charge in [0.1, 0.15) is 0 Å². The van der Waals surface area contributed by atoms with Crippen molar-refractivity contribution in [1.29, 1.82) is 0 Å². The average molecular weight is 339 g/mol. The summed E-state index contributed by atoms with van der Waals surface area (Å²) in [6.45, 7) is 1.91. The van der Waals surface area contributed by atoms with Gasteiger partial charge >= 0.3 is 0 Å². The summed E-state index contributed by atoms with van der Waals surface area (Å²) < 4.78 is 5.30. The van der Waals surface area contributed by atoms with Crippen molar-refractivity contribution in [2.24, 2.45) is 0 Å². The number of carbonyl (C=O) groups excluding carboxylic acids is 1. The predicted octanol–water partition coefficient (Wildman–Crippen LogP) is 4.42. The maximum Gasteiger partial charge on any atom is 0.232 e. The van der Waals surface area contributed by atoms with Crippen LogP contribution in [0.4, 0.5) is 5.69 Å². The molecule has 24 heavy (non-hydrogen) atoms.